The van der Waals surface area contributed by atoms with Gasteiger partial charge in [0.2, 0.25) is 10.0 Å². The minimum absolute atomic E-state index is 0.0666. The zero-order valence-corrected chi connectivity index (χ0v) is 16.4. The number of aryl methyl sites for hydroxylation is 1. The van der Waals surface area contributed by atoms with Crippen molar-refractivity contribution >= 4 is 27.6 Å². The average molecular weight is 410 g/mol. The molecule has 8 heteroatoms. The van der Waals surface area contributed by atoms with Crippen LogP contribution in [0.15, 0.2) is 47.4 Å². The minimum Gasteiger partial charge on any atom is -0.457 e. The highest BCUT2D eigenvalue weighted by molar-refractivity contribution is 7.89. The number of rotatable bonds is 5. The van der Waals surface area contributed by atoms with Crippen molar-refractivity contribution in [3.63, 3.8) is 0 Å². The van der Waals surface area contributed by atoms with Crippen LogP contribution in [0.5, 0.6) is 0 Å². The fraction of sp³-hybridized carbons (Fsp3) is 0.316. The summed E-state index contributed by atoms with van der Waals surface area (Å²) < 4.78 is 37.5. The van der Waals surface area contributed by atoms with Crippen molar-refractivity contribution in [2.45, 2.75) is 18.4 Å². The number of hydrogen-bond donors (Lipinski definition) is 0. The van der Waals surface area contributed by atoms with E-state index in [0.29, 0.717) is 13.2 Å². The summed E-state index contributed by atoms with van der Waals surface area (Å²) in [5, 5.41) is 0.0666. The molecule has 2 aromatic rings. The normalized spacial score (nSPS) is 15.5. The number of carbonyl (C=O) groups is 1. The van der Waals surface area contributed by atoms with E-state index >= 15 is 0 Å². The lowest BCUT2D eigenvalue weighted by Crippen LogP contribution is -2.40. The maximum absolute atomic E-state index is 12.8. The second-order valence-corrected chi connectivity index (χ2v) is 8.48. The van der Waals surface area contributed by atoms with Crippen molar-refractivity contribution in [2.24, 2.45) is 0 Å². The second-order valence-electron chi connectivity index (χ2n) is 6.16. The number of esters is 1. The van der Waals surface area contributed by atoms with Gasteiger partial charge in [-0.25, -0.2) is 13.2 Å². The lowest BCUT2D eigenvalue weighted by atomic mass is 10.1. The molecule has 1 saturated heterocycles. The minimum atomic E-state index is -3.81. The van der Waals surface area contributed by atoms with Crippen molar-refractivity contribution in [1.82, 2.24) is 4.31 Å². The molecular formula is C19H20ClNO5S. The van der Waals surface area contributed by atoms with E-state index in [1.54, 1.807) is 0 Å². The Morgan fingerprint density at radius 2 is 1.89 bits per heavy atom. The second kappa shape index (κ2) is 8.39. The molecule has 6 nitrogen and oxygen atoms in total. The predicted molar refractivity (Wildman–Crippen MR) is 101 cm³/mol. The number of benzene rings is 2. The highest BCUT2D eigenvalue weighted by atomic mass is 35.5. The molecule has 0 N–H and O–H groups in total. The molecule has 1 aliphatic rings. The molecule has 0 atom stereocenters. The zero-order chi connectivity index (χ0) is 19.4. The molecule has 0 aromatic heterocycles. The quantitative estimate of drug-likeness (QED) is 0.710. The number of ether oxygens (including phenoxy) is 2. The lowest BCUT2D eigenvalue weighted by molar-refractivity contribution is 0.0471. The third kappa shape index (κ3) is 4.50. The van der Waals surface area contributed by atoms with E-state index in [9.17, 15) is 13.2 Å². The number of hydrogen-bond acceptors (Lipinski definition) is 5. The largest absolute Gasteiger partial charge is 0.457 e. The van der Waals surface area contributed by atoms with E-state index in [1.165, 1.54) is 22.5 Å². The van der Waals surface area contributed by atoms with Crippen LogP contribution < -0.4 is 0 Å². The van der Waals surface area contributed by atoms with Crippen molar-refractivity contribution in [3.05, 3.63) is 64.2 Å². The number of morpholine rings is 1. The zero-order valence-electron chi connectivity index (χ0n) is 14.9. The van der Waals surface area contributed by atoms with Gasteiger partial charge in [0, 0.05) is 13.1 Å². The van der Waals surface area contributed by atoms with E-state index in [4.69, 9.17) is 21.1 Å². The molecule has 0 saturated carbocycles. The molecule has 0 amide bonds. The summed E-state index contributed by atoms with van der Waals surface area (Å²) in [6.45, 7) is 3.20. The Balaban J connectivity index is 1.80. The van der Waals surface area contributed by atoms with Crippen LogP contribution in [0.3, 0.4) is 0 Å². The summed E-state index contributed by atoms with van der Waals surface area (Å²) in [5.74, 6) is -0.603. The summed E-state index contributed by atoms with van der Waals surface area (Å²) in [6, 6.07) is 11.7. The molecule has 0 bridgehead atoms. The molecule has 2 aromatic carbocycles. The first-order chi connectivity index (χ1) is 12.9. The van der Waals surface area contributed by atoms with Gasteiger partial charge in [-0.2, -0.15) is 4.31 Å². The van der Waals surface area contributed by atoms with E-state index in [1.807, 2.05) is 31.2 Å². The van der Waals surface area contributed by atoms with Crippen LogP contribution in [0.4, 0.5) is 0 Å². The van der Waals surface area contributed by atoms with Gasteiger partial charge in [-0.05, 0) is 36.2 Å². The molecule has 0 aliphatic carbocycles. The van der Waals surface area contributed by atoms with Crippen molar-refractivity contribution in [3.8, 4) is 0 Å². The van der Waals surface area contributed by atoms with Crippen molar-refractivity contribution in [2.75, 3.05) is 26.3 Å². The van der Waals surface area contributed by atoms with Crippen LogP contribution in [0.2, 0.25) is 5.02 Å². The predicted octanol–water partition coefficient (Wildman–Crippen LogP) is 3.03. The maximum Gasteiger partial charge on any atom is 0.338 e. The van der Waals surface area contributed by atoms with Gasteiger partial charge in [-0.1, -0.05) is 35.9 Å². The molecule has 144 valence electrons. The Morgan fingerprint density at radius 1 is 1.19 bits per heavy atom. The molecule has 0 spiro atoms. The third-order valence-electron chi connectivity index (χ3n) is 4.37. The van der Waals surface area contributed by atoms with Crippen LogP contribution >= 0.6 is 11.6 Å². The molecule has 1 fully saturated rings. The van der Waals surface area contributed by atoms with Crippen LogP contribution in [-0.4, -0.2) is 45.0 Å². The average Bonchev–Trinajstić information content (AvgIpc) is 2.68. The smallest absolute Gasteiger partial charge is 0.338 e. The summed E-state index contributed by atoms with van der Waals surface area (Å²) >= 11 is 6.11. The number of sulfonamides is 1. The van der Waals surface area contributed by atoms with Crippen molar-refractivity contribution < 1.29 is 22.7 Å². The Kier molecular flexibility index (Phi) is 6.16. The fourth-order valence-electron chi connectivity index (χ4n) is 2.75. The number of halogens is 1. The first-order valence-corrected chi connectivity index (χ1v) is 10.3. The highest BCUT2D eigenvalue weighted by Crippen LogP contribution is 2.27. The van der Waals surface area contributed by atoms with Crippen LogP contribution in [0.1, 0.15) is 21.5 Å². The fourth-order valence-corrected chi connectivity index (χ4v) is 4.66. The lowest BCUT2D eigenvalue weighted by Gasteiger charge is -2.26. The van der Waals surface area contributed by atoms with E-state index in [2.05, 4.69) is 0 Å². The first-order valence-electron chi connectivity index (χ1n) is 8.48. The van der Waals surface area contributed by atoms with Crippen molar-refractivity contribution in [1.29, 1.82) is 0 Å². The third-order valence-corrected chi connectivity index (χ3v) is 6.76. The van der Waals surface area contributed by atoms with Crippen LogP contribution in [0, 0.1) is 6.92 Å². The Labute approximate surface area is 163 Å². The highest BCUT2D eigenvalue weighted by Gasteiger charge is 2.29. The Morgan fingerprint density at radius 3 is 2.59 bits per heavy atom. The van der Waals surface area contributed by atoms with E-state index in [-0.39, 0.29) is 35.2 Å². The SMILES string of the molecule is Cc1ccccc1COC(=O)c1ccc(Cl)c(S(=O)(=O)N2CCOCC2)c1. The molecular weight excluding hydrogens is 390 g/mol. The van der Waals surface area contributed by atoms with Crippen LogP contribution in [0.25, 0.3) is 0 Å². The summed E-state index contributed by atoms with van der Waals surface area (Å²) in [5.41, 5.74) is 2.04. The molecule has 3 rings (SSSR count). The molecule has 0 radical (unpaired) electrons. The maximum atomic E-state index is 12.8. The van der Waals surface area contributed by atoms with Gasteiger partial charge in [0.05, 0.1) is 23.8 Å². The van der Waals surface area contributed by atoms with Gasteiger partial charge in [-0.3, -0.25) is 0 Å². The van der Waals surface area contributed by atoms with Gasteiger partial charge in [0.1, 0.15) is 11.5 Å². The standard InChI is InChI=1S/C19H20ClNO5S/c1-14-4-2-3-5-16(14)13-26-19(22)15-6-7-17(20)18(12-15)27(23,24)21-8-10-25-11-9-21/h2-7,12H,8-11,13H2,1H3. The number of nitrogens with zero attached hydrogens (tertiary/aromatic N) is 1. The topological polar surface area (TPSA) is 72.9 Å². The molecule has 0 unspecified atom stereocenters. The molecule has 1 aliphatic heterocycles. The summed E-state index contributed by atoms with van der Waals surface area (Å²) in [6.07, 6.45) is 0. The van der Waals surface area contributed by atoms with Gasteiger partial charge in [-0.15, -0.1) is 0 Å². The van der Waals surface area contributed by atoms with Gasteiger partial charge >= 0.3 is 5.97 Å². The molecule has 27 heavy (non-hydrogen) atoms. The van der Waals surface area contributed by atoms with Crippen LogP contribution in [-0.2, 0) is 26.1 Å². The number of carbonyl (C=O) groups excluding carboxylic acids is 1. The Hall–Kier alpha value is -1.93. The Bertz CT molecular complexity index is 939. The van der Waals surface area contributed by atoms with Gasteiger partial charge < -0.3 is 9.47 Å². The van der Waals surface area contributed by atoms with Gasteiger partial charge in [0.25, 0.3) is 0 Å². The monoisotopic (exact) mass is 409 g/mol. The van der Waals surface area contributed by atoms with E-state index < -0.39 is 16.0 Å². The molecule has 1 heterocycles. The van der Waals surface area contributed by atoms with E-state index in [0.717, 1.165) is 11.1 Å². The summed E-state index contributed by atoms with van der Waals surface area (Å²) in [7, 11) is -3.81. The van der Waals surface area contributed by atoms with Gasteiger partial charge in [0.15, 0.2) is 0 Å². The first kappa shape index (κ1) is 19.8. The summed E-state index contributed by atoms with van der Waals surface area (Å²) in [4.78, 5) is 12.3.